The highest BCUT2D eigenvalue weighted by molar-refractivity contribution is 7.13. The second kappa shape index (κ2) is 11.0. The minimum atomic E-state index is -0.256. The molecular weight excluding hydrogens is 388 g/mol. The molecule has 1 atom stereocenters. The Kier molecular flexibility index (Phi) is 8.15. The van der Waals surface area contributed by atoms with Crippen LogP contribution < -0.4 is 5.32 Å². The smallest absolute Gasteiger partial charge is 0.245 e. The maximum absolute atomic E-state index is 13.4. The summed E-state index contributed by atoms with van der Waals surface area (Å²) in [5.74, 6) is -0.493. The first kappa shape index (κ1) is 21.4. The van der Waals surface area contributed by atoms with E-state index in [1.54, 1.807) is 16.5 Å². The molecule has 0 radical (unpaired) electrons. The van der Waals surface area contributed by atoms with Crippen molar-refractivity contribution in [2.75, 3.05) is 51.3 Å². The normalized spacial score (nSPS) is 15.6. The van der Waals surface area contributed by atoms with Gasteiger partial charge in [0.2, 0.25) is 11.8 Å². The number of benzene rings is 1. The van der Waals surface area contributed by atoms with Gasteiger partial charge in [0.05, 0.1) is 25.7 Å². The molecule has 1 unspecified atom stereocenters. The number of rotatable bonds is 9. The number of amides is 2. The average molecular weight is 417 g/mol. The summed E-state index contributed by atoms with van der Waals surface area (Å²) in [7, 11) is 0. The highest BCUT2D eigenvalue weighted by atomic mass is 32.1. The predicted octanol–water partition coefficient (Wildman–Crippen LogP) is 2.44. The van der Waals surface area contributed by atoms with Crippen molar-refractivity contribution in [1.82, 2.24) is 14.8 Å². The molecule has 1 N–H and O–H groups in total. The van der Waals surface area contributed by atoms with E-state index in [0.29, 0.717) is 31.3 Å². The number of anilines is 1. The van der Waals surface area contributed by atoms with Crippen molar-refractivity contribution in [2.45, 2.75) is 19.3 Å². The zero-order valence-corrected chi connectivity index (χ0v) is 17.6. The molecule has 2 aromatic rings. The van der Waals surface area contributed by atoms with Gasteiger partial charge in [-0.15, -0.1) is 11.3 Å². The van der Waals surface area contributed by atoms with Crippen molar-refractivity contribution in [1.29, 1.82) is 0 Å². The van der Waals surface area contributed by atoms with Gasteiger partial charge >= 0.3 is 0 Å². The van der Waals surface area contributed by atoms with Crippen LogP contribution in [0.1, 0.15) is 24.8 Å². The van der Waals surface area contributed by atoms with Crippen LogP contribution in [0.5, 0.6) is 0 Å². The first-order valence-corrected chi connectivity index (χ1v) is 10.9. The molecular formula is C21H28N4O3S. The van der Waals surface area contributed by atoms with E-state index in [9.17, 15) is 9.59 Å². The molecule has 0 saturated carbocycles. The molecule has 0 spiro atoms. The van der Waals surface area contributed by atoms with Crippen molar-refractivity contribution < 1.29 is 14.3 Å². The molecule has 8 heteroatoms. The van der Waals surface area contributed by atoms with Gasteiger partial charge in [-0.2, -0.15) is 0 Å². The Morgan fingerprint density at radius 1 is 1.28 bits per heavy atom. The number of morpholine rings is 1. The molecule has 1 aromatic heterocycles. The van der Waals surface area contributed by atoms with Gasteiger partial charge in [0, 0.05) is 37.8 Å². The summed E-state index contributed by atoms with van der Waals surface area (Å²) < 4.78 is 5.40. The molecule has 1 fully saturated rings. The van der Waals surface area contributed by atoms with Crippen LogP contribution in [0.15, 0.2) is 41.9 Å². The summed E-state index contributed by atoms with van der Waals surface area (Å²) >= 11 is 1.36. The number of hydrogen-bond donors (Lipinski definition) is 1. The largest absolute Gasteiger partial charge is 0.379 e. The first-order chi connectivity index (χ1) is 14.2. The number of carbonyl (C=O) groups excluding carboxylic acids is 2. The Hall–Kier alpha value is -2.29. The van der Waals surface area contributed by atoms with Crippen molar-refractivity contribution in [3.8, 4) is 0 Å². The summed E-state index contributed by atoms with van der Waals surface area (Å²) in [5.41, 5.74) is 0.983. The van der Waals surface area contributed by atoms with Gasteiger partial charge < -0.3 is 15.0 Å². The summed E-state index contributed by atoms with van der Waals surface area (Å²) in [4.78, 5) is 34.0. The molecule has 1 saturated heterocycles. The second-order valence-corrected chi connectivity index (χ2v) is 7.87. The van der Waals surface area contributed by atoms with Gasteiger partial charge in [0.1, 0.15) is 0 Å². The van der Waals surface area contributed by atoms with Crippen molar-refractivity contribution in [3.63, 3.8) is 0 Å². The maximum atomic E-state index is 13.4. The van der Waals surface area contributed by atoms with E-state index in [-0.39, 0.29) is 24.3 Å². The Morgan fingerprint density at radius 2 is 2.03 bits per heavy atom. The molecule has 156 valence electrons. The highest BCUT2D eigenvalue weighted by Gasteiger charge is 2.26. The number of ether oxygens (including phenoxy) is 1. The Balaban J connectivity index is 1.69. The van der Waals surface area contributed by atoms with Crippen LogP contribution in [-0.2, 0) is 14.3 Å². The average Bonchev–Trinajstić information content (AvgIpc) is 3.26. The van der Waals surface area contributed by atoms with Gasteiger partial charge in [-0.05, 0) is 12.0 Å². The lowest BCUT2D eigenvalue weighted by Gasteiger charge is -2.31. The third-order valence-electron chi connectivity index (χ3n) is 5.02. The fourth-order valence-electron chi connectivity index (χ4n) is 3.43. The first-order valence-electron chi connectivity index (χ1n) is 10.0. The van der Waals surface area contributed by atoms with Crippen LogP contribution in [0, 0.1) is 0 Å². The van der Waals surface area contributed by atoms with Crippen LogP contribution in [0.25, 0.3) is 0 Å². The second-order valence-electron chi connectivity index (χ2n) is 6.97. The van der Waals surface area contributed by atoms with Crippen molar-refractivity contribution in [3.05, 3.63) is 47.5 Å². The third-order valence-corrected chi connectivity index (χ3v) is 5.71. The minimum Gasteiger partial charge on any atom is -0.379 e. The molecule has 0 aliphatic carbocycles. The quantitative estimate of drug-likeness (QED) is 0.680. The van der Waals surface area contributed by atoms with E-state index in [1.165, 1.54) is 11.3 Å². The van der Waals surface area contributed by atoms with Gasteiger partial charge in [0.25, 0.3) is 0 Å². The summed E-state index contributed by atoms with van der Waals surface area (Å²) in [5, 5.41) is 5.13. The fraction of sp³-hybridized carbons (Fsp3) is 0.476. The third kappa shape index (κ3) is 6.35. The van der Waals surface area contributed by atoms with Crippen LogP contribution in [0.2, 0.25) is 0 Å². The summed E-state index contributed by atoms with van der Waals surface area (Å²) in [6.45, 7) is 6.38. The topological polar surface area (TPSA) is 74.8 Å². The Labute approximate surface area is 175 Å². The van der Waals surface area contributed by atoms with Crippen LogP contribution in [-0.4, -0.2) is 72.5 Å². The van der Waals surface area contributed by atoms with E-state index in [4.69, 9.17) is 4.74 Å². The SMILES string of the molecule is CCC(C(=O)N(CCN1CCOCC1)CC(=O)Nc1nccs1)c1ccccc1. The molecule has 29 heavy (non-hydrogen) atoms. The lowest BCUT2D eigenvalue weighted by Crippen LogP contribution is -2.46. The van der Waals surface area contributed by atoms with E-state index in [0.717, 1.165) is 25.2 Å². The van der Waals surface area contributed by atoms with Gasteiger partial charge in [0.15, 0.2) is 5.13 Å². The number of nitrogens with zero attached hydrogens (tertiary/aromatic N) is 3. The predicted molar refractivity (Wildman–Crippen MR) is 114 cm³/mol. The lowest BCUT2D eigenvalue weighted by molar-refractivity contribution is -0.136. The van der Waals surface area contributed by atoms with E-state index < -0.39 is 0 Å². The Morgan fingerprint density at radius 3 is 2.69 bits per heavy atom. The van der Waals surface area contributed by atoms with Gasteiger partial charge in [-0.1, -0.05) is 37.3 Å². The zero-order valence-electron chi connectivity index (χ0n) is 16.8. The monoisotopic (exact) mass is 416 g/mol. The zero-order chi connectivity index (χ0) is 20.5. The standard InChI is InChI=1S/C21H28N4O3S/c1-2-18(17-6-4-3-5-7-17)20(27)25(10-9-24-11-13-28-14-12-24)16-19(26)23-21-22-8-15-29-21/h3-8,15,18H,2,9-14,16H2,1H3,(H,22,23,26). The summed E-state index contributed by atoms with van der Waals surface area (Å²) in [6, 6.07) is 9.78. The van der Waals surface area contributed by atoms with E-state index in [1.807, 2.05) is 37.3 Å². The molecule has 3 rings (SSSR count). The fourth-order valence-corrected chi connectivity index (χ4v) is 3.98. The molecule has 1 aliphatic rings. The molecule has 1 aliphatic heterocycles. The maximum Gasteiger partial charge on any atom is 0.245 e. The number of thiazole rings is 1. The number of carbonyl (C=O) groups is 2. The van der Waals surface area contributed by atoms with Crippen LogP contribution >= 0.6 is 11.3 Å². The van der Waals surface area contributed by atoms with Crippen LogP contribution in [0.3, 0.4) is 0 Å². The molecule has 7 nitrogen and oxygen atoms in total. The van der Waals surface area contributed by atoms with Crippen molar-refractivity contribution >= 4 is 28.3 Å². The number of aromatic nitrogens is 1. The highest BCUT2D eigenvalue weighted by Crippen LogP contribution is 2.22. The van der Waals surface area contributed by atoms with E-state index in [2.05, 4.69) is 15.2 Å². The molecule has 0 bridgehead atoms. The van der Waals surface area contributed by atoms with Gasteiger partial charge in [-0.25, -0.2) is 4.98 Å². The molecule has 1 aromatic carbocycles. The number of hydrogen-bond acceptors (Lipinski definition) is 6. The minimum absolute atomic E-state index is 0.0127. The molecule has 2 heterocycles. The number of nitrogens with one attached hydrogen (secondary N) is 1. The molecule has 2 amide bonds. The van der Waals surface area contributed by atoms with Crippen molar-refractivity contribution in [2.24, 2.45) is 0 Å². The van der Waals surface area contributed by atoms with E-state index >= 15 is 0 Å². The van der Waals surface area contributed by atoms with Gasteiger partial charge in [-0.3, -0.25) is 14.5 Å². The lowest BCUT2D eigenvalue weighted by atomic mass is 9.95. The summed E-state index contributed by atoms with van der Waals surface area (Å²) in [6.07, 6.45) is 2.33. The van der Waals surface area contributed by atoms with Crippen LogP contribution in [0.4, 0.5) is 5.13 Å². The Bertz CT molecular complexity index is 763.